The van der Waals surface area contributed by atoms with E-state index in [-0.39, 0.29) is 33.1 Å². The number of aromatic nitrogens is 1. The summed E-state index contributed by atoms with van der Waals surface area (Å²) >= 11 is 6.23. The highest BCUT2D eigenvalue weighted by Gasteiger charge is 2.37. The number of piperidine rings is 1. The van der Waals surface area contributed by atoms with Gasteiger partial charge in [-0.3, -0.25) is 4.79 Å². The van der Waals surface area contributed by atoms with Crippen LogP contribution < -0.4 is 10.2 Å². The molecule has 1 aromatic carbocycles. The van der Waals surface area contributed by atoms with Crippen molar-refractivity contribution in [1.82, 2.24) is 9.88 Å². The molecule has 34 heavy (non-hydrogen) atoms. The maximum atomic E-state index is 14.4. The molecule has 9 nitrogen and oxygen atoms in total. The van der Waals surface area contributed by atoms with E-state index in [9.17, 15) is 22.4 Å². The number of carboxylic acid groups (broad SMARTS) is 1. The molecule has 0 aliphatic carbocycles. The van der Waals surface area contributed by atoms with Crippen LogP contribution in [-0.4, -0.2) is 73.3 Å². The average Bonchev–Trinajstić information content (AvgIpc) is 3.14. The minimum Gasteiger partial charge on any atom is -0.478 e. The second-order valence-corrected chi connectivity index (χ2v) is 10.9. The number of rotatable bonds is 6. The first-order valence-corrected chi connectivity index (χ1v) is 13.0. The first kappa shape index (κ1) is 24.2. The van der Waals surface area contributed by atoms with Gasteiger partial charge in [0.25, 0.3) is 0 Å². The molecule has 2 N–H and O–H groups in total. The zero-order chi connectivity index (χ0) is 24.6. The fraction of sp³-hybridized carbons (Fsp3) is 0.409. The van der Waals surface area contributed by atoms with Crippen molar-refractivity contribution in [3.8, 4) is 0 Å². The molecule has 1 aromatic heterocycles. The molecule has 0 saturated carbocycles. The number of amides is 1. The number of carbonyl (C=O) groups is 2. The summed E-state index contributed by atoms with van der Waals surface area (Å²) in [5, 5.41) is 12.2. The Bertz CT molecular complexity index is 1230. The van der Waals surface area contributed by atoms with Crippen molar-refractivity contribution in [1.29, 1.82) is 0 Å². The lowest BCUT2D eigenvalue weighted by atomic mass is 10.0. The molecule has 2 aromatic rings. The molecule has 1 amide bonds. The number of likely N-dealkylation sites (tertiary alicyclic amines) is 1. The molecule has 2 aliphatic rings. The quantitative estimate of drug-likeness (QED) is 0.608. The molecule has 1 atom stereocenters. The molecular weight excluding hydrogens is 487 g/mol. The molecule has 0 bridgehead atoms. The Morgan fingerprint density at radius 3 is 2.50 bits per heavy atom. The number of nitrogens with zero attached hydrogens (tertiary/aromatic N) is 3. The van der Waals surface area contributed by atoms with Crippen LogP contribution in [0.2, 0.25) is 5.02 Å². The normalized spacial score (nSPS) is 19.5. The summed E-state index contributed by atoms with van der Waals surface area (Å²) in [6.45, 7) is 1.75. The van der Waals surface area contributed by atoms with E-state index in [1.54, 1.807) is 4.90 Å². The predicted molar refractivity (Wildman–Crippen MR) is 125 cm³/mol. The second-order valence-electron chi connectivity index (χ2n) is 8.48. The van der Waals surface area contributed by atoms with Gasteiger partial charge in [-0.1, -0.05) is 11.6 Å². The Balaban J connectivity index is 1.37. The van der Waals surface area contributed by atoms with Crippen LogP contribution in [0.3, 0.4) is 0 Å². The lowest BCUT2D eigenvalue weighted by Crippen LogP contribution is -2.47. The number of hydrogen-bond acceptors (Lipinski definition) is 7. The molecule has 2 fully saturated rings. The summed E-state index contributed by atoms with van der Waals surface area (Å²) in [4.78, 5) is 31.9. The number of hydrogen-bond donors (Lipinski definition) is 2. The molecule has 0 spiro atoms. The minimum atomic E-state index is -3.52. The van der Waals surface area contributed by atoms with E-state index < -0.39 is 27.7 Å². The molecular formula is C22H24ClFN4O5S. The van der Waals surface area contributed by atoms with Crippen LogP contribution in [0.4, 0.5) is 15.9 Å². The van der Waals surface area contributed by atoms with E-state index in [0.717, 1.165) is 12.3 Å². The van der Waals surface area contributed by atoms with Crippen molar-refractivity contribution < 1.29 is 27.5 Å². The number of halogens is 2. The van der Waals surface area contributed by atoms with Gasteiger partial charge in [-0.2, -0.15) is 0 Å². The van der Waals surface area contributed by atoms with Gasteiger partial charge in [-0.15, -0.1) is 0 Å². The summed E-state index contributed by atoms with van der Waals surface area (Å²) < 4.78 is 37.6. The molecule has 1 unspecified atom stereocenters. The third-order valence-corrected chi connectivity index (χ3v) is 7.60. The van der Waals surface area contributed by atoms with Crippen LogP contribution in [-0.2, 0) is 14.6 Å². The summed E-state index contributed by atoms with van der Waals surface area (Å²) in [5.74, 6) is -1.42. The van der Waals surface area contributed by atoms with Gasteiger partial charge in [0.1, 0.15) is 17.7 Å². The van der Waals surface area contributed by atoms with E-state index in [1.165, 1.54) is 24.4 Å². The molecule has 4 rings (SSSR count). The molecule has 0 radical (unpaired) electrons. The van der Waals surface area contributed by atoms with Crippen LogP contribution in [0.1, 0.15) is 29.6 Å². The maximum Gasteiger partial charge on any atom is 0.337 e. The highest BCUT2D eigenvalue weighted by Crippen LogP contribution is 2.30. The highest BCUT2D eigenvalue weighted by molar-refractivity contribution is 7.90. The van der Waals surface area contributed by atoms with E-state index in [1.807, 2.05) is 4.90 Å². The van der Waals surface area contributed by atoms with Crippen molar-refractivity contribution in [3.05, 3.63) is 46.9 Å². The predicted octanol–water partition coefficient (Wildman–Crippen LogP) is 2.66. The van der Waals surface area contributed by atoms with Crippen molar-refractivity contribution in [2.24, 2.45) is 0 Å². The number of benzene rings is 1. The Morgan fingerprint density at radius 2 is 1.91 bits per heavy atom. The number of pyridine rings is 1. The minimum absolute atomic E-state index is 0.0186. The van der Waals surface area contributed by atoms with Crippen molar-refractivity contribution >= 4 is 44.8 Å². The van der Waals surface area contributed by atoms with Gasteiger partial charge < -0.3 is 20.2 Å². The van der Waals surface area contributed by atoms with E-state index >= 15 is 0 Å². The molecule has 12 heteroatoms. The first-order valence-electron chi connectivity index (χ1n) is 10.7. The summed E-state index contributed by atoms with van der Waals surface area (Å²) in [6, 6.07) is 4.41. The number of carboxylic acids is 1. The summed E-state index contributed by atoms with van der Waals surface area (Å²) in [6.07, 6.45) is 4.17. The number of anilines is 2. The zero-order valence-electron chi connectivity index (χ0n) is 18.4. The van der Waals surface area contributed by atoms with Crippen molar-refractivity contribution in [2.45, 2.75) is 36.2 Å². The van der Waals surface area contributed by atoms with Gasteiger partial charge in [0.2, 0.25) is 5.91 Å². The van der Waals surface area contributed by atoms with Gasteiger partial charge in [-0.25, -0.2) is 22.6 Å². The number of aromatic carboxylic acids is 1. The van der Waals surface area contributed by atoms with Crippen LogP contribution >= 0.6 is 11.6 Å². The van der Waals surface area contributed by atoms with Gasteiger partial charge in [0, 0.05) is 38.1 Å². The maximum absolute atomic E-state index is 14.4. The van der Waals surface area contributed by atoms with Crippen LogP contribution in [0, 0.1) is 5.82 Å². The zero-order valence-corrected chi connectivity index (χ0v) is 19.9. The SMILES string of the molecule is CS(=O)(=O)c1ccc(NC2CCN(C3CCN(c4ncc(C(=O)O)cc4Cl)CC3)C2=O)c(F)c1. The van der Waals surface area contributed by atoms with Gasteiger partial charge in [-0.05, 0) is 43.5 Å². The van der Waals surface area contributed by atoms with Crippen LogP contribution in [0.5, 0.6) is 0 Å². The lowest BCUT2D eigenvalue weighted by molar-refractivity contribution is -0.130. The number of carbonyl (C=O) groups excluding carboxylic acids is 1. The van der Waals surface area contributed by atoms with Gasteiger partial charge >= 0.3 is 5.97 Å². The first-order chi connectivity index (χ1) is 16.0. The highest BCUT2D eigenvalue weighted by atomic mass is 35.5. The van der Waals surface area contributed by atoms with E-state index in [0.29, 0.717) is 44.7 Å². The summed E-state index contributed by atoms with van der Waals surface area (Å²) in [5.41, 5.74) is 0.111. The summed E-state index contributed by atoms with van der Waals surface area (Å²) in [7, 11) is -3.52. The molecule has 182 valence electrons. The lowest BCUT2D eigenvalue weighted by Gasteiger charge is -2.37. The average molecular weight is 511 g/mol. The van der Waals surface area contributed by atoms with E-state index in [2.05, 4.69) is 10.3 Å². The van der Waals surface area contributed by atoms with E-state index in [4.69, 9.17) is 16.7 Å². The van der Waals surface area contributed by atoms with Gasteiger partial charge in [0.15, 0.2) is 9.84 Å². The van der Waals surface area contributed by atoms with Crippen molar-refractivity contribution in [2.75, 3.05) is 36.1 Å². The third kappa shape index (κ3) is 4.95. The second kappa shape index (κ2) is 9.38. The number of nitrogens with one attached hydrogen (secondary N) is 1. The monoisotopic (exact) mass is 510 g/mol. The Morgan fingerprint density at radius 1 is 1.21 bits per heavy atom. The number of sulfone groups is 1. The third-order valence-electron chi connectivity index (χ3n) is 6.21. The largest absolute Gasteiger partial charge is 0.478 e. The standard InChI is InChI=1S/C22H24ClFN4O5S/c1-34(32,33)15-2-3-18(17(24)11-15)26-19-6-9-28(21(19)29)14-4-7-27(8-5-14)20-16(23)10-13(12-25-20)22(30)31/h2-3,10-12,14,19,26H,4-9H2,1H3,(H,30,31). The van der Waals surface area contributed by atoms with Crippen LogP contribution in [0.15, 0.2) is 35.4 Å². The smallest absolute Gasteiger partial charge is 0.337 e. The Labute approximate surface area is 201 Å². The molecule has 2 aliphatic heterocycles. The Hall–Kier alpha value is -2.92. The van der Waals surface area contributed by atoms with Gasteiger partial charge in [0.05, 0.1) is 21.2 Å². The van der Waals surface area contributed by atoms with Crippen LogP contribution in [0.25, 0.3) is 0 Å². The topological polar surface area (TPSA) is 120 Å². The molecule has 2 saturated heterocycles. The fourth-order valence-corrected chi connectivity index (χ4v) is 5.32. The molecule has 3 heterocycles. The Kier molecular flexibility index (Phi) is 6.68. The van der Waals surface area contributed by atoms with Crippen molar-refractivity contribution in [3.63, 3.8) is 0 Å². The fourth-order valence-electron chi connectivity index (χ4n) is 4.40.